The Morgan fingerprint density at radius 1 is 1.08 bits per heavy atom. The van der Waals surface area contributed by atoms with Crippen molar-refractivity contribution < 1.29 is 18.0 Å². The number of carbonyl (C=O) groups is 1. The van der Waals surface area contributed by atoms with Crippen molar-refractivity contribution >= 4 is 28.9 Å². The number of aryl methyl sites for hydroxylation is 1. The Morgan fingerprint density at radius 2 is 1.79 bits per heavy atom. The van der Waals surface area contributed by atoms with E-state index in [0.29, 0.717) is 28.6 Å². The number of benzene rings is 2. The van der Waals surface area contributed by atoms with Crippen molar-refractivity contribution in [3.05, 3.63) is 64.7 Å². The van der Waals surface area contributed by atoms with Gasteiger partial charge in [-0.25, -0.2) is 0 Å². The minimum absolute atomic E-state index is 0.0646. The molecule has 1 aliphatic rings. The van der Waals surface area contributed by atoms with Gasteiger partial charge in [0, 0.05) is 10.6 Å². The van der Waals surface area contributed by atoms with Crippen LogP contribution in [-0.2, 0) is 11.2 Å². The third-order valence-electron chi connectivity index (χ3n) is 3.67. The first kappa shape index (κ1) is 16.5. The molecule has 3 nitrogen and oxygen atoms in total. The van der Waals surface area contributed by atoms with Crippen LogP contribution in [-0.4, -0.2) is 17.8 Å². The maximum atomic E-state index is 12.9. The Hall–Kier alpha value is -2.34. The first-order valence-corrected chi connectivity index (χ1v) is 7.56. The van der Waals surface area contributed by atoms with Crippen LogP contribution < -0.4 is 5.01 Å². The van der Waals surface area contributed by atoms with Crippen molar-refractivity contribution in [2.45, 2.75) is 19.0 Å². The van der Waals surface area contributed by atoms with Crippen LogP contribution in [0, 0.1) is 0 Å². The maximum Gasteiger partial charge on any atom is 0.473 e. The molecule has 0 bridgehead atoms. The van der Waals surface area contributed by atoms with Gasteiger partial charge in [-0.05, 0) is 42.7 Å². The highest BCUT2D eigenvalue weighted by atomic mass is 35.5. The molecule has 3 rings (SSSR count). The van der Waals surface area contributed by atoms with Gasteiger partial charge >= 0.3 is 12.1 Å². The minimum Gasteiger partial charge on any atom is -0.262 e. The molecule has 0 radical (unpaired) electrons. The van der Waals surface area contributed by atoms with Gasteiger partial charge in [0.2, 0.25) is 0 Å². The molecule has 24 heavy (non-hydrogen) atoms. The van der Waals surface area contributed by atoms with Crippen molar-refractivity contribution in [2.24, 2.45) is 5.10 Å². The minimum atomic E-state index is -5.01. The first-order chi connectivity index (χ1) is 11.4. The monoisotopic (exact) mass is 352 g/mol. The molecule has 2 aromatic carbocycles. The lowest BCUT2D eigenvalue weighted by atomic mass is 10.1. The zero-order valence-corrected chi connectivity index (χ0v) is 13.1. The second kappa shape index (κ2) is 6.28. The molecule has 0 N–H and O–H groups in total. The zero-order valence-electron chi connectivity index (χ0n) is 12.3. The number of rotatable bonds is 2. The number of fused-ring (bicyclic) bond motifs is 1. The van der Waals surface area contributed by atoms with Crippen LogP contribution in [0.1, 0.15) is 17.5 Å². The molecule has 2 aromatic rings. The van der Waals surface area contributed by atoms with Crippen molar-refractivity contribution in [1.82, 2.24) is 0 Å². The molecule has 0 fully saturated rings. The molecule has 0 unspecified atom stereocenters. The highest BCUT2D eigenvalue weighted by Crippen LogP contribution is 2.29. The van der Waals surface area contributed by atoms with Gasteiger partial charge < -0.3 is 0 Å². The average molecular weight is 353 g/mol. The number of halogens is 4. The number of hydrogen-bond donors (Lipinski definition) is 0. The highest BCUT2D eigenvalue weighted by molar-refractivity contribution is 6.30. The van der Waals surface area contributed by atoms with Crippen LogP contribution >= 0.6 is 11.6 Å². The lowest BCUT2D eigenvalue weighted by Gasteiger charge is -2.19. The molecule has 7 heteroatoms. The third kappa shape index (κ3) is 3.28. The summed E-state index contributed by atoms with van der Waals surface area (Å²) in [6.45, 7) is 0. The average Bonchev–Trinajstić information content (AvgIpc) is 2.94. The first-order valence-electron chi connectivity index (χ1n) is 7.19. The van der Waals surface area contributed by atoms with Crippen LogP contribution in [0.5, 0.6) is 0 Å². The summed E-state index contributed by atoms with van der Waals surface area (Å²) in [4.78, 5) is 11.8. The van der Waals surface area contributed by atoms with Crippen LogP contribution in [0.4, 0.5) is 18.9 Å². The molecule has 0 aromatic heterocycles. The summed E-state index contributed by atoms with van der Waals surface area (Å²) in [5.41, 5.74) is 2.13. The van der Waals surface area contributed by atoms with E-state index in [1.165, 1.54) is 12.1 Å². The van der Waals surface area contributed by atoms with Gasteiger partial charge in [0.15, 0.2) is 0 Å². The van der Waals surface area contributed by atoms with Crippen molar-refractivity contribution in [3.8, 4) is 0 Å². The maximum absolute atomic E-state index is 12.9. The molecule has 1 aliphatic carbocycles. The van der Waals surface area contributed by atoms with Crippen molar-refractivity contribution in [3.63, 3.8) is 0 Å². The van der Waals surface area contributed by atoms with E-state index in [4.69, 9.17) is 11.6 Å². The van der Waals surface area contributed by atoms with Crippen molar-refractivity contribution in [1.29, 1.82) is 0 Å². The predicted molar refractivity (Wildman–Crippen MR) is 86.3 cm³/mol. The van der Waals surface area contributed by atoms with Crippen LogP contribution in [0.2, 0.25) is 5.02 Å². The highest BCUT2D eigenvalue weighted by Gasteiger charge is 2.44. The zero-order chi connectivity index (χ0) is 17.3. The molecule has 0 heterocycles. The van der Waals surface area contributed by atoms with E-state index in [9.17, 15) is 18.0 Å². The normalized spacial score (nSPS) is 15.4. The number of hydrogen-bond acceptors (Lipinski definition) is 2. The summed E-state index contributed by atoms with van der Waals surface area (Å²) >= 11 is 5.93. The van der Waals surface area contributed by atoms with Crippen LogP contribution in [0.3, 0.4) is 0 Å². The summed E-state index contributed by atoms with van der Waals surface area (Å²) in [7, 11) is 0. The number of anilines is 1. The fourth-order valence-corrected chi connectivity index (χ4v) is 2.77. The molecule has 124 valence electrons. The van der Waals surface area contributed by atoms with Gasteiger partial charge in [-0.1, -0.05) is 35.9 Å². The van der Waals surface area contributed by atoms with E-state index in [2.05, 4.69) is 5.10 Å². The third-order valence-corrected chi connectivity index (χ3v) is 3.90. The SMILES string of the molecule is O=C(N(N=C1CCc2cc(Cl)ccc21)c1ccccc1)C(F)(F)F. The van der Waals surface area contributed by atoms with Crippen LogP contribution in [0.25, 0.3) is 0 Å². The summed E-state index contributed by atoms with van der Waals surface area (Å²) in [5.74, 6) is -2.02. The summed E-state index contributed by atoms with van der Waals surface area (Å²) in [6.07, 6.45) is -3.94. The number of hydrazone groups is 1. The number of nitrogens with zero attached hydrogens (tertiary/aromatic N) is 2. The topological polar surface area (TPSA) is 32.7 Å². The Labute approximate surface area is 141 Å². The molecule has 1 amide bonds. The van der Waals surface area contributed by atoms with Gasteiger partial charge in [-0.2, -0.15) is 23.3 Å². The number of para-hydroxylation sites is 1. The van der Waals surface area contributed by atoms with Gasteiger partial charge in [0.05, 0.1) is 11.4 Å². The quantitative estimate of drug-likeness (QED) is 0.728. The van der Waals surface area contributed by atoms with E-state index < -0.39 is 12.1 Å². The number of alkyl halides is 3. The number of amides is 1. The lowest BCUT2D eigenvalue weighted by molar-refractivity contribution is -0.170. The number of carbonyl (C=O) groups excluding carboxylic acids is 1. The molecule has 0 saturated carbocycles. The molecular weight excluding hydrogens is 341 g/mol. The molecular formula is C17H12ClF3N2O. The molecule has 0 saturated heterocycles. The van der Waals surface area contributed by atoms with E-state index >= 15 is 0 Å². The van der Waals surface area contributed by atoms with E-state index in [1.807, 2.05) is 0 Å². The van der Waals surface area contributed by atoms with E-state index in [0.717, 1.165) is 11.1 Å². The molecule has 0 aliphatic heterocycles. The fourth-order valence-electron chi connectivity index (χ4n) is 2.57. The van der Waals surface area contributed by atoms with Gasteiger partial charge in [0.25, 0.3) is 0 Å². The smallest absolute Gasteiger partial charge is 0.262 e. The molecule has 0 spiro atoms. The second-order valence-corrected chi connectivity index (χ2v) is 5.73. The Bertz CT molecular complexity index is 803. The lowest BCUT2D eigenvalue weighted by Crippen LogP contribution is -2.38. The van der Waals surface area contributed by atoms with Gasteiger partial charge in [-0.15, -0.1) is 0 Å². The summed E-state index contributed by atoms with van der Waals surface area (Å²) in [6, 6.07) is 12.7. The van der Waals surface area contributed by atoms with E-state index in [1.54, 1.807) is 36.4 Å². The second-order valence-electron chi connectivity index (χ2n) is 5.30. The van der Waals surface area contributed by atoms with E-state index in [-0.39, 0.29) is 5.69 Å². The Morgan fingerprint density at radius 3 is 2.46 bits per heavy atom. The fraction of sp³-hybridized carbons (Fsp3) is 0.176. The predicted octanol–water partition coefficient (Wildman–Crippen LogP) is 4.59. The van der Waals surface area contributed by atoms with Gasteiger partial charge in [0.1, 0.15) is 0 Å². The standard InChI is InChI=1S/C17H12ClF3N2O/c18-12-7-8-14-11(10-12)6-9-15(14)22-23(16(24)17(19,20)21)13-4-2-1-3-5-13/h1-5,7-8,10H,6,9H2. The van der Waals surface area contributed by atoms with Crippen LogP contribution in [0.15, 0.2) is 53.6 Å². The Kier molecular flexibility index (Phi) is 4.32. The summed E-state index contributed by atoms with van der Waals surface area (Å²) < 4.78 is 38.8. The largest absolute Gasteiger partial charge is 0.473 e. The summed E-state index contributed by atoms with van der Waals surface area (Å²) in [5, 5.41) is 4.99. The molecule has 0 atom stereocenters. The Balaban J connectivity index is 2.04. The van der Waals surface area contributed by atoms with Gasteiger partial charge in [-0.3, -0.25) is 4.79 Å². The van der Waals surface area contributed by atoms with Crippen molar-refractivity contribution in [2.75, 3.05) is 5.01 Å².